The number of aryl methyl sites for hydroxylation is 1. The third-order valence-corrected chi connectivity index (χ3v) is 4.18. The molecule has 0 radical (unpaired) electrons. The summed E-state index contributed by atoms with van der Waals surface area (Å²) >= 11 is 8.19. The zero-order chi connectivity index (χ0) is 12.3. The van der Waals surface area contributed by atoms with Crippen molar-refractivity contribution in [2.45, 2.75) is 19.2 Å². The van der Waals surface area contributed by atoms with E-state index in [1.165, 1.54) is 9.75 Å². The molecule has 0 amide bonds. The van der Waals surface area contributed by atoms with E-state index in [1.807, 2.05) is 31.2 Å². The molecule has 2 aromatic rings. The van der Waals surface area contributed by atoms with Crippen LogP contribution < -0.4 is 4.74 Å². The van der Waals surface area contributed by atoms with Crippen LogP contribution in [0.5, 0.6) is 5.75 Å². The van der Waals surface area contributed by atoms with E-state index in [2.05, 4.69) is 19.1 Å². The molecule has 3 heteroatoms. The molecular formula is C14H15ClOS. The normalized spacial score (nSPS) is 12.4. The first kappa shape index (κ1) is 12.5. The maximum atomic E-state index is 6.44. The van der Waals surface area contributed by atoms with Crippen LogP contribution in [0.25, 0.3) is 0 Å². The van der Waals surface area contributed by atoms with Crippen LogP contribution in [0, 0.1) is 6.92 Å². The fraction of sp³-hybridized carbons (Fsp3) is 0.286. The van der Waals surface area contributed by atoms with Crippen LogP contribution in [0.15, 0.2) is 36.4 Å². The molecule has 90 valence electrons. The average molecular weight is 267 g/mol. The van der Waals surface area contributed by atoms with Gasteiger partial charge < -0.3 is 4.74 Å². The second kappa shape index (κ2) is 5.56. The van der Waals surface area contributed by atoms with Gasteiger partial charge in [-0.1, -0.05) is 12.1 Å². The molecule has 0 aliphatic carbocycles. The van der Waals surface area contributed by atoms with Gasteiger partial charge in [0, 0.05) is 9.75 Å². The lowest BCUT2D eigenvalue weighted by Gasteiger charge is -2.09. The molecule has 0 fully saturated rings. The summed E-state index contributed by atoms with van der Waals surface area (Å²) in [6, 6.07) is 12.2. The predicted octanol–water partition coefficient (Wildman–Crippen LogP) is 4.78. The van der Waals surface area contributed by atoms with Crippen molar-refractivity contribution >= 4 is 22.9 Å². The molecule has 1 aromatic heterocycles. The van der Waals surface area contributed by atoms with Gasteiger partial charge in [-0.15, -0.1) is 22.9 Å². The quantitative estimate of drug-likeness (QED) is 0.724. The molecule has 0 N–H and O–H groups in total. The molecule has 0 bridgehead atoms. The van der Waals surface area contributed by atoms with Crippen molar-refractivity contribution in [1.82, 2.24) is 0 Å². The van der Waals surface area contributed by atoms with Crippen molar-refractivity contribution < 1.29 is 4.74 Å². The molecule has 0 saturated heterocycles. The molecule has 1 atom stereocenters. The van der Waals surface area contributed by atoms with E-state index in [0.29, 0.717) is 6.61 Å². The fourth-order valence-corrected chi connectivity index (χ4v) is 2.89. The first-order valence-electron chi connectivity index (χ1n) is 5.64. The average Bonchev–Trinajstić information content (AvgIpc) is 2.76. The Morgan fingerprint density at radius 1 is 1.18 bits per heavy atom. The largest absolute Gasteiger partial charge is 0.494 e. The Morgan fingerprint density at radius 3 is 2.41 bits per heavy atom. The number of thiophene rings is 1. The monoisotopic (exact) mass is 266 g/mol. The van der Waals surface area contributed by atoms with Crippen molar-refractivity contribution in [1.29, 1.82) is 0 Å². The van der Waals surface area contributed by atoms with Crippen molar-refractivity contribution in [2.75, 3.05) is 6.61 Å². The Morgan fingerprint density at radius 2 is 1.88 bits per heavy atom. The van der Waals surface area contributed by atoms with Gasteiger partial charge in [0.2, 0.25) is 0 Å². The summed E-state index contributed by atoms with van der Waals surface area (Å²) in [7, 11) is 0. The number of rotatable bonds is 4. The number of alkyl halides is 1. The summed E-state index contributed by atoms with van der Waals surface area (Å²) in [4.78, 5) is 2.48. The van der Waals surface area contributed by atoms with Crippen LogP contribution in [0.2, 0.25) is 0 Å². The third kappa shape index (κ3) is 3.02. The van der Waals surface area contributed by atoms with Gasteiger partial charge in [-0.2, -0.15) is 0 Å². The maximum Gasteiger partial charge on any atom is 0.119 e. The summed E-state index contributed by atoms with van der Waals surface area (Å²) in [5.41, 5.74) is 1.11. The van der Waals surface area contributed by atoms with Crippen molar-refractivity contribution in [3.8, 4) is 5.75 Å². The molecular weight excluding hydrogens is 252 g/mol. The smallest absolute Gasteiger partial charge is 0.119 e. The lowest BCUT2D eigenvalue weighted by Crippen LogP contribution is -1.93. The van der Waals surface area contributed by atoms with Crippen molar-refractivity contribution in [3.05, 3.63) is 51.7 Å². The van der Waals surface area contributed by atoms with Crippen LogP contribution in [0.3, 0.4) is 0 Å². The summed E-state index contributed by atoms with van der Waals surface area (Å²) in [6.45, 7) is 4.76. The molecule has 17 heavy (non-hydrogen) atoms. The van der Waals surface area contributed by atoms with Crippen LogP contribution in [-0.4, -0.2) is 6.61 Å². The summed E-state index contributed by atoms with van der Waals surface area (Å²) in [5, 5.41) is -0.0654. The maximum absolute atomic E-state index is 6.44. The minimum absolute atomic E-state index is 0.0654. The zero-order valence-corrected chi connectivity index (χ0v) is 11.5. The van der Waals surface area contributed by atoms with E-state index in [-0.39, 0.29) is 5.38 Å². The van der Waals surface area contributed by atoms with Gasteiger partial charge in [0.15, 0.2) is 0 Å². The van der Waals surface area contributed by atoms with Gasteiger partial charge in [0.05, 0.1) is 12.0 Å². The Labute approximate surface area is 111 Å². The molecule has 0 aliphatic heterocycles. The SMILES string of the molecule is CCOc1ccc(C(Cl)c2ccc(C)s2)cc1. The van der Waals surface area contributed by atoms with Crippen LogP contribution >= 0.6 is 22.9 Å². The minimum Gasteiger partial charge on any atom is -0.494 e. The summed E-state index contributed by atoms with van der Waals surface area (Å²) in [6.07, 6.45) is 0. The Hall–Kier alpha value is -0.990. The summed E-state index contributed by atoms with van der Waals surface area (Å²) in [5.74, 6) is 0.891. The second-order valence-electron chi connectivity index (χ2n) is 3.81. The van der Waals surface area contributed by atoms with E-state index in [4.69, 9.17) is 16.3 Å². The number of halogens is 1. The molecule has 0 saturated carbocycles. The van der Waals surface area contributed by atoms with E-state index >= 15 is 0 Å². The number of hydrogen-bond acceptors (Lipinski definition) is 2. The summed E-state index contributed by atoms with van der Waals surface area (Å²) < 4.78 is 5.41. The highest BCUT2D eigenvalue weighted by molar-refractivity contribution is 7.12. The highest BCUT2D eigenvalue weighted by Crippen LogP contribution is 2.34. The van der Waals surface area contributed by atoms with Crippen LogP contribution in [0.1, 0.15) is 27.6 Å². The molecule has 1 unspecified atom stereocenters. The highest BCUT2D eigenvalue weighted by atomic mass is 35.5. The number of benzene rings is 1. The molecule has 0 spiro atoms. The third-order valence-electron chi connectivity index (χ3n) is 2.49. The van der Waals surface area contributed by atoms with Gasteiger partial charge >= 0.3 is 0 Å². The molecule has 1 heterocycles. The standard InChI is InChI=1S/C14H15ClOS/c1-3-16-12-7-5-11(6-8-12)14(15)13-9-4-10(2)17-13/h4-9,14H,3H2,1-2H3. The van der Waals surface area contributed by atoms with Crippen LogP contribution in [0.4, 0.5) is 0 Å². The van der Waals surface area contributed by atoms with Gasteiger partial charge in [0.25, 0.3) is 0 Å². The van der Waals surface area contributed by atoms with E-state index < -0.39 is 0 Å². The van der Waals surface area contributed by atoms with Crippen LogP contribution in [-0.2, 0) is 0 Å². The number of ether oxygens (including phenoxy) is 1. The zero-order valence-electron chi connectivity index (χ0n) is 9.94. The first-order valence-corrected chi connectivity index (χ1v) is 6.89. The van der Waals surface area contributed by atoms with Gasteiger partial charge in [0.1, 0.15) is 5.75 Å². The lowest BCUT2D eigenvalue weighted by molar-refractivity contribution is 0.340. The topological polar surface area (TPSA) is 9.23 Å². The van der Waals surface area contributed by atoms with Crippen molar-refractivity contribution in [3.63, 3.8) is 0 Å². The first-order chi connectivity index (χ1) is 8.20. The van der Waals surface area contributed by atoms with Gasteiger partial charge in [-0.05, 0) is 43.7 Å². The van der Waals surface area contributed by atoms with Gasteiger partial charge in [-0.25, -0.2) is 0 Å². The number of hydrogen-bond donors (Lipinski definition) is 0. The molecule has 1 aromatic carbocycles. The Balaban J connectivity index is 2.16. The van der Waals surface area contributed by atoms with E-state index in [0.717, 1.165) is 11.3 Å². The minimum atomic E-state index is -0.0654. The lowest BCUT2D eigenvalue weighted by atomic mass is 10.1. The Bertz CT molecular complexity index is 475. The van der Waals surface area contributed by atoms with Crippen molar-refractivity contribution in [2.24, 2.45) is 0 Å². The second-order valence-corrected chi connectivity index (χ2v) is 5.57. The molecule has 1 nitrogen and oxygen atoms in total. The fourth-order valence-electron chi connectivity index (χ4n) is 1.65. The Kier molecular flexibility index (Phi) is 4.08. The highest BCUT2D eigenvalue weighted by Gasteiger charge is 2.12. The van der Waals surface area contributed by atoms with E-state index in [9.17, 15) is 0 Å². The predicted molar refractivity (Wildman–Crippen MR) is 74.4 cm³/mol. The van der Waals surface area contributed by atoms with Gasteiger partial charge in [-0.3, -0.25) is 0 Å². The molecule has 2 rings (SSSR count). The molecule has 0 aliphatic rings. The van der Waals surface area contributed by atoms with E-state index in [1.54, 1.807) is 11.3 Å².